The van der Waals surface area contributed by atoms with Crippen molar-refractivity contribution in [3.8, 4) is 0 Å². The van der Waals surface area contributed by atoms with E-state index >= 15 is 0 Å². The van der Waals surface area contributed by atoms with E-state index in [0.717, 1.165) is 23.1 Å². The second-order valence-corrected chi connectivity index (χ2v) is 7.51. The van der Waals surface area contributed by atoms with Gasteiger partial charge in [0.15, 0.2) is 0 Å². The lowest BCUT2D eigenvalue weighted by atomic mass is 10.4. The molecule has 2 rings (SSSR count). The minimum Gasteiger partial charge on any atom is -0.478 e. The van der Waals surface area contributed by atoms with Gasteiger partial charge in [0.2, 0.25) is 10.0 Å². The van der Waals surface area contributed by atoms with Crippen LogP contribution in [0.5, 0.6) is 0 Å². The number of thiazole rings is 1. The van der Waals surface area contributed by atoms with E-state index in [-0.39, 0.29) is 16.3 Å². The van der Waals surface area contributed by atoms with Crippen molar-refractivity contribution < 1.29 is 18.3 Å². The summed E-state index contributed by atoms with van der Waals surface area (Å²) in [6.07, 6.45) is 0. The summed E-state index contributed by atoms with van der Waals surface area (Å²) in [6.45, 7) is 1.92. The van der Waals surface area contributed by atoms with Crippen molar-refractivity contribution in [3.05, 3.63) is 33.1 Å². The lowest BCUT2D eigenvalue weighted by molar-refractivity contribution is 0.0697. The lowest BCUT2D eigenvalue weighted by Crippen LogP contribution is -2.22. The Kier molecular flexibility index (Phi) is 3.99. The summed E-state index contributed by atoms with van der Waals surface area (Å²) < 4.78 is 26.2. The first-order chi connectivity index (χ1) is 8.88. The molecule has 9 heteroatoms. The van der Waals surface area contributed by atoms with Gasteiger partial charge in [-0.2, -0.15) is 0 Å². The summed E-state index contributed by atoms with van der Waals surface area (Å²) in [4.78, 5) is 14.8. The van der Waals surface area contributed by atoms with Crippen LogP contribution in [0.15, 0.2) is 21.0 Å². The Morgan fingerprint density at radius 2 is 2.16 bits per heavy atom. The largest absolute Gasteiger partial charge is 0.478 e. The topological polar surface area (TPSA) is 96.4 Å². The van der Waals surface area contributed by atoms with E-state index in [1.165, 1.54) is 16.7 Å². The Morgan fingerprint density at radius 1 is 1.42 bits per heavy atom. The number of hydrogen-bond acceptors (Lipinski definition) is 6. The van der Waals surface area contributed by atoms with Crippen molar-refractivity contribution in [3.63, 3.8) is 0 Å². The van der Waals surface area contributed by atoms with Gasteiger partial charge in [0.05, 0.1) is 12.1 Å². The predicted octanol–water partition coefficient (Wildman–Crippen LogP) is 1.69. The average Bonchev–Trinajstić information content (AvgIpc) is 2.95. The van der Waals surface area contributed by atoms with Crippen molar-refractivity contribution >= 4 is 38.7 Å². The molecule has 19 heavy (non-hydrogen) atoms. The molecule has 0 aromatic carbocycles. The van der Waals surface area contributed by atoms with Crippen LogP contribution in [0.3, 0.4) is 0 Å². The molecular formula is C10H10N2O4S3. The Morgan fingerprint density at radius 3 is 2.68 bits per heavy atom. The third-order valence-corrected chi connectivity index (χ3v) is 5.97. The highest BCUT2D eigenvalue weighted by Gasteiger charge is 2.19. The number of rotatable bonds is 5. The number of thiophene rings is 1. The summed E-state index contributed by atoms with van der Waals surface area (Å²) >= 11 is 2.24. The molecule has 2 aromatic rings. The van der Waals surface area contributed by atoms with Crippen molar-refractivity contribution in [1.29, 1.82) is 0 Å². The number of aryl methyl sites for hydroxylation is 1. The van der Waals surface area contributed by atoms with Gasteiger partial charge in [0.1, 0.15) is 9.22 Å². The highest BCUT2D eigenvalue weighted by molar-refractivity contribution is 7.91. The Labute approximate surface area is 117 Å². The fourth-order valence-corrected chi connectivity index (χ4v) is 4.27. The van der Waals surface area contributed by atoms with Crippen LogP contribution < -0.4 is 4.72 Å². The number of aromatic carboxylic acids is 1. The fraction of sp³-hybridized carbons (Fsp3) is 0.200. The summed E-state index contributed by atoms with van der Waals surface area (Å²) in [5.74, 6) is -1.15. The molecule has 102 valence electrons. The van der Waals surface area contributed by atoms with Crippen LogP contribution in [0.1, 0.15) is 21.1 Å². The zero-order valence-corrected chi connectivity index (χ0v) is 12.2. The Bertz CT molecular complexity index is 702. The predicted molar refractivity (Wildman–Crippen MR) is 72.2 cm³/mol. The van der Waals surface area contributed by atoms with Gasteiger partial charge in [-0.1, -0.05) is 0 Å². The van der Waals surface area contributed by atoms with E-state index in [1.807, 2.05) is 12.3 Å². The Balaban J connectivity index is 2.11. The number of carboxylic acid groups (broad SMARTS) is 1. The van der Waals surface area contributed by atoms with Gasteiger partial charge in [-0.15, -0.1) is 22.7 Å². The molecule has 0 saturated heterocycles. The molecule has 0 fully saturated rings. The molecule has 2 N–H and O–H groups in total. The molecule has 2 heterocycles. The van der Waals surface area contributed by atoms with E-state index in [0.29, 0.717) is 5.01 Å². The van der Waals surface area contributed by atoms with Gasteiger partial charge in [-0.25, -0.2) is 22.9 Å². The van der Waals surface area contributed by atoms with Crippen LogP contribution in [0, 0.1) is 6.92 Å². The summed E-state index contributed by atoms with van der Waals surface area (Å²) in [5, 5.41) is 12.5. The highest BCUT2D eigenvalue weighted by Crippen LogP contribution is 2.20. The fourth-order valence-electron chi connectivity index (χ4n) is 1.28. The molecule has 6 nitrogen and oxygen atoms in total. The molecule has 0 saturated carbocycles. The van der Waals surface area contributed by atoms with Crippen LogP contribution >= 0.6 is 22.7 Å². The first-order valence-electron chi connectivity index (χ1n) is 5.11. The molecule has 0 aliphatic carbocycles. The molecular weight excluding hydrogens is 308 g/mol. The first kappa shape index (κ1) is 14.1. The SMILES string of the molecule is Cc1csc(CNS(=O)(=O)c2cc(C(=O)O)cs2)n1. The van der Waals surface area contributed by atoms with E-state index < -0.39 is 16.0 Å². The third-order valence-electron chi connectivity index (χ3n) is 2.17. The van der Waals surface area contributed by atoms with Gasteiger partial charge < -0.3 is 5.11 Å². The average molecular weight is 318 g/mol. The van der Waals surface area contributed by atoms with E-state index in [9.17, 15) is 13.2 Å². The van der Waals surface area contributed by atoms with E-state index in [1.54, 1.807) is 0 Å². The molecule has 0 radical (unpaired) electrons. The van der Waals surface area contributed by atoms with Crippen LogP contribution in [-0.4, -0.2) is 24.5 Å². The number of hydrogen-bond donors (Lipinski definition) is 2. The number of carboxylic acids is 1. The van der Waals surface area contributed by atoms with Gasteiger partial charge in [-0.3, -0.25) is 0 Å². The maximum absolute atomic E-state index is 11.9. The second-order valence-electron chi connectivity index (χ2n) is 3.67. The number of carbonyl (C=O) groups is 1. The van der Waals surface area contributed by atoms with Crippen LogP contribution in [0.25, 0.3) is 0 Å². The van der Waals surface area contributed by atoms with Crippen LogP contribution in [-0.2, 0) is 16.6 Å². The van der Waals surface area contributed by atoms with Crippen LogP contribution in [0.4, 0.5) is 0 Å². The number of nitrogens with zero attached hydrogens (tertiary/aromatic N) is 1. The number of nitrogens with one attached hydrogen (secondary N) is 1. The summed E-state index contributed by atoms with van der Waals surface area (Å²) in [7, 11) is -3.69. The van der Waals surface area contributed by atoms with E-state index in [4.69, 9.17) is 5.11 Å². The van der Waals surface area contributed by atoms with Gasteiger partial charge in [0.25, 0.3) is 0 Å². The molecule has 0 amide bonds. The molecule has 2 aromatic heterocycles. The van der Waals surface area contributed by atoms with Crippen molar-refractivity contribution in [2.24, 2.45) is 0 Å². The zero-order chi connectivity index (χ0) is 14.0. The van der Waals surface area contributed by atoms with Crippen molar-refractivity contribution in [2.75, 3.05) is 0 Å². The third kappa shape index (κ3) is 3.38. The van der Waals surface area contributed by atoms with Gasteiger partial charge in [-0.05, 0) is 13.0 Å². The molecule has 0 bridgehead atoms. The van der Waals surface area contributed by atoms with Gasteiger partial charge >= 0.3 is 5.97 Å². The van der Waals surface area contributed by atoms with Gasteiger partial charge in [0, 0.05) is 16.5 Å². The minimum absolute atomic E-state index is 0.0156. The monoisotopic (exact) mass is 318 g/mol. The van der Waals surface area contributed by atoms with E-state index in [2.05, 4.69) is 9.71 Å². The normalized spacial score (nSPS) is 11.6. The molecule has 0 aliphatic rings. The quantitative estimate of drug-likeness (QED) is 0.874. The smallest absolute Gasteiger partial charge is 0.336 e. The van der Waals surface area contributed by atoms with Crippen molar-refractivity contribution in [1.82, 2.24) is 9.71 Å². The van der Waals surface area contributed by atoms with Crippen LogP contribution in [0.2, 0.25) is 0 Å². The standard InChI is InChI=1S/C10H10N2O4S3/c1-6-4-17-8(12-6)3-11-19(15,16)9-2-7(5-18-9)10(13)14/h2,4-5,11H,3H2,1H3,(H,13,14). The Hall–Kier alpha value is -1.29. The molecule has 0 aliphatic heterocycles. The lowest BCUT2D eigenvalue weighted by Gasteiger charge is -2.01. The maximum Gasteiger partial charge on any atom is 0.336 e. The molecule has 0 atom stereocenters. The highest BCUT2D eigenvalue weighted by atomic mass is 32.2. The zero-order valence-electron chi connectivity index (χ0n) is 9.78. The minimum atomic E-state index is -3.69. The number of aromatic nitrogens is 1. The number of sulfonamides is 1. The summed E-state index contributed by atoms with van der Waals surface area (Å²) in [6, 6.07) is 1.14. The first-order valence-corrected chi connectivity index (χ1v) is 8.35. The molecule has 0 spiro atoms. The summed E-state index contributed by atoms with van der Waals surface area (Å²) in [5.41, 5.74) is 0.805. The van der Waals surface area contributed by atoms with Crippen molar-refractivity contribution in [2.45, 2.75) is 17.7 Å². The molecule has 0 unspecified atom stereocenters. The maximum atomic E-state index is 11.9. The second kappa shape index (κ2) is 5.37.